The van der Waals surface area contributed by atoms with Crippen molar-refractivity contribution in [2.45, 2.75) is 6.54 Å². The summed E-state index contributed by atoms with van der Waals surface area (Å²) in [4.78, 5) is 23.2. The van der Waals surface area contributed by atoms with Crippen LogP contribution < -0.4 is 10.6 Å². The summed E-state index contributed by atoms with van der Waals surface area (Å²) >= 11 is 5.83. The molecule has 0 bridgehead atoms. The van der Waals surface area contributed by atoms with E-state index in [0.717, 1.165) is 0 Å². The first-order valence-electron chi connectivity index (χ1n) is 5.86. The lowest BCUT2D eigenvalue weighted by Gasteiger charge is -2.03. The third kappa shape index (κ3) is 3.18. The van der Waals surface area contributed by atoms with Gasteiger partial charge in [-0.1, -0.05) is 11.6 Å². The number of likely N-dealkylation sites (N-methyl/N-ethyl adjacent to an activating group) is 1. The van der Waals surface area contributed by atoms with Gasteiger partial charge < -0.3 is 15.2 Å². The lowest BCUT2D eigenvalue weighted by atomic mass is 10.4. The molecule has 106 valence electrons. The van der Waals surface area contributed by atoms with Gasteiger partial charge in [0.25, 0.3) is 5.91 Å². The molecule has 2 amide bonds. The van der Waals surface area contributed by atoms with Crippen molar-refractivity contribution in [2.75, 3.05) is 12.4 Å². The number of anilines is 1. The second kappa shape index (κ2) is 5.79. The van der Waals surface area contributed by atoms with Crippen LogP contribution in [0.2, 0.25) is 5.02 Å². The predicted octanol–water partition coefficient (Wildman–Crippen LogP) is 0.873. The van der Waals surface area contributed by atoms with Crippen molar-refractivity contribution >= 4 is 29.1 Å². The summed E-state index contributed by atoms with van der Waals surface area (Å²) in [6, 6.07) is 1.58. The van der Waals surface area contributed by atoms with Gasteiger partial charge in [-0.2, -0.15) is 5.10 Å². The van der Waals surface area contributed by atoms with Crippen LogP contribution in [0.4, 0.5) is 5.69 Å². The Kier molecular flexibility index (Phi) is 4.09. The van der Waals surface area contributed by atoms with Crippen LogP contribution in [0.3, 0.4) is 0 Å². The van der Waals surface area contributed by atoms with Crippen LogP contribution in [-0.2, 0) is 18.4 Å². The van der Waals surface area contributed by atoms with E-state index in [1.54, 1.807) is 37.1 Å². The number of nitrogens with zero attached hydrogens (tertiary/aromatic N) is 3. The number of nitrogens with one attached hydrogen (secondary N) is 2. The SMILES string of the molecule is CNC(=O)Cn1cc(NC(=O)c2cc(Cl)cn2C)cn1. The maximum Gasteiger partial charge on any atom is 0.272 e. The van der Waals surface area contributed by atoms with Crippen molar-refractivity contribution in [3.05, 3.63) is 35.4 Å². The number of aromatic nitrogens is 3. The molecule has 2 aromatic heterocycles. The molecule has 20 heavy (non-hydrogen) atoms. The molecular weight excluding hydrogens is 282 g/mol. The average molecular weight is 296 g/mol. The van der Waals surface area contributed by atoms with Crippen molar-refractivity contribution in [3.8, 4) is 0 Å². The summed E-state index contributed by atoms with van der Waals surface area (Å²) < 4.78 is 3.07. The monoisotopic (exact) mass is 295 g/mol. The number of aryl methyl sites for hydroxylation is 1. The highest BCUT2D eigenvalue weighted by molar-refractivity contribution is 6.31. The molecule has 2 heterocycles. The molecule has 0 aliphatic heterocycles. The molecule has 0 radical (unpaired) electrons. The van der Waals surface area contributed by atoms with Crippen LogP contribution in [0.25, 0.3) is 0 Å². The van der Waals surface area contributed by atoms with E-state index >= 15 is 0 Å². The van der Waals surface area contributed by atoms with Gasteiger partial charge in [-0.15, -0.1) is 0 Å². The Morgan fingerprint density at radius 1 is 1.40 bits per heavy atom. The van der Waals surface area contributed by atoms with Gasteiger partial charge in [0.05, 0.1) is 16.9 Å². The summed E-state index contributed by atoms with van der Waals surface area (Å²) in [7, 11) is 3.28. The van der Waals surface area contributed by atoms with Crippen LogP contribution in [0, 0.1) is 0 Å². The number of carbonyl (C=O) groups is 2. The highest BCUT2D eigenvalue weighted by atomic mass is 35.5. The van der Waals surface area contributed by atoms with Gasteiger partial charge in [-0.3, -0.25) is 14.3 Å². The fourth-order valence-corrected chi connectivity index (χ4v) is 1.94. The van der Waals surface area contributed by atoms with Crippen molar-refractivity contribution in [1.82, 2.24) is 19.7 Å². The molecule has 0 unspecified atom stereocenters. The molecule has 7 nitrogen and oxygen atoms in total. The van der Waals surface area contributed by atoms with E-state index < -0.39 is 0 Å². The second-order valence-electron chi connectivity index (χ2n) is 4.21. The highest BCUT2D eigenvalue weighted by Gasteiger charge is 2.12. The smallest absolute Gasteiger partial charge is 0.272 e. The number of amides is 2. The molecule has 0 aliphatic carbocycles. The Morgan fingerprint density at radius 2 is 2.15 bits per heavy atom. The molecule has 2 N–H and O–H groups in total. The topological polar surface area (TPSA) is 81.0 Å². The molecule has 2 rings (SSSR count). The van der Waals surface area contributed by atoms with Gasteiger partial charge in [-0.25, -0.2) is 0 Å². The number of hydrogen-bond acceptors (Lipinski definition) is 3. The molecule has 0 aromatic carbocycles. The van der Waals surface area contributed by atoms with Crippen molar-refractivity contribution < 1.29 is 9.59 Å². The van der Waals surface area contributed by atoms with Crippen LogP contribution in [0.5, 0.6) is 0 Å². The van der Waals surface area contributed by atoms with Gasteiger partial charge in [0.1, 0.15) is 12.2 Å². The van der Waals surface area contributed by atoms with E-state index in [4.69, 9.17) is 11.6 Å². The Morgan fingerprint density at radius 3 is 2.75 bits per heavy atom. The zero-order valence-corrected chi connectivity index (χ0v) is 11.8. The minimum atomic E-state index is -0.293. The molecule has 2 aromatic rings. The van der Waals surface area contributed by atoms with Gasteiger partial charge >= 0.3 is 0 Å². The van der Waals surface area contributed by atoms with Gasteiger partial charge in [-0.05, 0) is 6.07 Å². The zero-order chi connectivity index (χ0) is 14.7. The van der Waals surface area contributed by atoms with Crippen LogP contribution in [-0.4, -0.2) is 33.2 Å². The van der Waals surface area contributed by atoms with Crippen molar-refractivity contribution in [2.24, 2.45) is 7.05 Å². The lowest BCUT2D eigenvalue weighted by Crippen LogP contribution is -2.23. The molecule has 0 saturated heterocycles. The molecule has 0 spiro atoms. The van der Waals surface area contributed by atoms with Crippen molar-refractivity contribution in [3.63, 3.8) is 0 Å². The third-order valence-electron chi connectivity index (χ3n) is 2.68. The molecule has 8 heteroatoms. The largest absolute Gasteiger partial charge is 0.358 e. The van der Waals surface area contributed by atoms with Crippen LogP contribution in [0.1, 0.15) is 10.5 Å². The second-order valence-corrected chi connectivity index (χ2v) is 4.64. The molecular formula is C12H14ClN5O2. The normalized spacial score (nSPS) is 10.3. The maximum atomic E-state index is 12.0. The summed E-state index contributed by atoms with van der Waals surface area (Å²) in [5.74, 6) is -0.459. The Bertz CT molecular complexity index is 646. The highest BCUT2D eigenvalue weighted by Crippen LogP contribution is 2.14. The average Bonchev–Trinajstić information content (AvgIpc) is 2.95. The van der Waals surface area contributed by atoms with Gasteiger partial charge in [0, 0.05) is 26.5 Å². The predicted molar refractivity (Wildman–Crippen MR) is 74.7 cm³/mol. The van der Waals surface area contributed by atoms with Gasteiger partial charge in [0.15, 0.2) is 0 Å². The molecule has 0 fully saturated rings. The van der Waals surface area contributed by atoms with E-state index in [1.165, 1.54) is 10.9 Å². The van der Waals surface area contributed by atoms with E-state index in [-0.39, 0.29) is 18.4 Å². The molecule has 0 aliphatic rings. The van der Waals surface area contributed by atoms with E-state index in [1.807, 2.05) is 0 Å². The first-order chi connectivity index (χ1) is 9.49. The number of rotatable bonds is 4. The first kappa shape index (κ1) is 14.1. The summed E-state index contributed by atoms with van der Waals surface area (Å²) in [6.45, 7) is 0.0996. The number of hydrogen-bond donors (Lipinski definition) is 2. The van der Waals surface area contributed by atoms with Crippen molar-refractivity contribution in [1.29, 1.82) is 0 Å². The lowest BCUT2D eigenvalue weighted by molar-refractivity contribution is -0.121. The van der Waals surface area contributed by atoms with E-state index in [0.29, 0.717) is 16.4 Å². The quantitative estimate of drug-likeness (QED) is 0.878. The molecule has 0 atom stereocenters. The minimum Gasteiger partial charge on any atom is -0.358 e. The minimum absolute atomic E-state index is 0.0996. The Balaban J connectivity index is 2.05. The summed E-state index contributed by atoms with van der Waals surface area (Å²) in [6.07, 6.45) is 4.70. The van der Waals surface area contributed by atoms with Crippen LogP contribution in [0.15, 0.2) is 24.7 Å². The van der Waals surface area contributed by atoms with E-state index in [2.05, 4.69) is 15.7 Å². The third-order valence-corrected chi connectivity index (χ3v) is 2.89. The zero-order valence-electron chi connectivity index (χ0n) is 11.1. The first-order valence-corrected chi connectivity index (χ1v) is 6.23. The fraction of sp³-hybridized carbons (Fsp3) is 0.250. The molecule has 0 saturated carbocycles. The van der Waals surface area contributed by atoms with E-state index in [9.17, 15) is 9.59 Å². The Labute approximate surface area is 120 Å². The number of carbonyl (C=O) groups excluding carboxylic acids is 2. The standard InChI is InChI=1S/C12H14ClN5O2/c1-14-11(19)7-18-6-9(4-15-18)16-12(20)10-3-8(13)5-17(10)2/h3-6H,7H2,1-2H3,(H,14,19)(H,16,20). The van der Waals surface area contributed by atoms with Crippen LogP contribution >= 0.6 is 11.6 Å². The fourth-order valence-electron chi connectivity index (χ4n) is 1.69. The van der Waals surface area contributed by atoms with Gasteiger partial charge in [0.2, 0.25) is 5.91 Å². The number of halogens is 1. The Hall–Kier alpha value is -2.28. The summed E-state index contributed by atoms with van der Waals surface area (Å²) in [5, 5.41) is 9.67. The summed E-state index contributed by atoms with van der Waals surface area (Å²) in [5.41, 5.74) is 0.949. The maximum absolute atomic E-state index is 12.0.